The number of benzene rings is 1. The van der Waals surface area contributed by atoms with Crippen molar-refractivity contribution in [2.75, 3.05) is 11.9 Å². The van der Waals surface area contributed by atoms with Gasteiger partial charge in [0.05, 0.1) is 0 Å². The largest absolute Gasteiger partial charge is 0.370 e. The van der Waals surface area contributed by atoms with Crippen LogP contribution in [0.1, 0.15) is 30.3 Å². The molecular weight excluding hydrogens is 293 g/mol. The molecular formula is C15H15ClFN3O. The summed E-state index contributed by atoms with van der Waals surface area (Å²) in [7, 11) is 0. The number of halogens is 2. The average Bonchev–Trinajstić information content (AvgIpc) is 3.00. The normalized spacial score (nSPS) is 17.9. The smallest absolute Gasteiger partial charge is 0.161 e. The quantitative estimate of drug-likeness (QED) is 0.874. The van der Waals surface area contributed by atoms with Crippen LogP contribution in [0, 0.1) is 5.82 Å². The van der Waals surface area contributed by atoms with Gasteiger partial charge in [0.1, 0.15) is 22.9 Å². The molecule has 1 aromatic heterocycles. The Bertz CT molecular complexity index is 615. The van der Waals surface area contributed by atoms with Crippen LogP contribution < -0.4 is 5.32 Å². The van der Waals surface area contributed by atoms with Gasteiger partial charge < -0.3 is 10.1 Å². The highest BCUT2D eigenvalue weighted by Crippen LogP contribution is 2.27. The van der Waals surface area contributed by atoms with E-state index in [9.17, 15) is 4.39 Å². The van der Waals surface area contributed by atoms with Crippen LogP contribution in [-0.2, 0) is 11.3 Å². The van der Waals surface area contributed by atoms with Crippen molar-refractivity contribution in [3.63, 3.8) is 0 Å². The number of rotatable bonds is 4. The van der Waals surface area contributed by atoms with Crippen LogP contribution in [0.15, 0.2) is 30.3 Å². The van der Waals surface area contributed by atoms with Gasteiger partial charge >= 0.3 is 0 Å². The van der Waals surface area contributed by atoms with Crippen LogP contribution in [0.4, 0.5) is 10.2 Å². The zero-order valence-electron chi connectivity index (χ0n) is 11.4. The third-order valence-corrected chi connectivity index (χ3v) is 3.51. The predicted octanol–water partition coefficient (Wildman–Crippen LogP) is 3.73. The minimum atomic E-state index is -0.246. The van der Waals surface area contributed by atoms with Crippen molar-refractivity contribution in [2.45, 2.75) is 25.5 Å². The molecule has 0 amide bonds. The van der Waals surface area contributed by atoms with Crippen molar-refractivity contribution in [3.8, 4) is 0 Å². The van der Waals surface area contributed by atoms with Crippen molar-refractivity contribution < 1.29 is 9.13 Å². The Morgan fingerprint density at radius 1 is 1.29 bits per heavy atom. The summed E-state index contributed by atoms with van der Waals surface area (Å²) in [6.07, 6.45) is 1.85. The Labute approximate surface area is 127 Å². The molecule has 0 spiro atoms. The molecule has 1 aliphatic heterocycles. The lowest BCUT2D eigenvalue weighted by Gasteiger charge is -2.11. The van der Waals surface area contributed by atoms with Crippen molar-refractivity contribution in [1.82, 2.24) is 9.97 Å². The Balaban J connectivity index is 1.71. The number of nitrogens with one attached hydrogen (secondary N) is 1. The van der Waals surface area contributed by atoms with E-state index in [1.54, 1.807) is 18.2 Å². The van der Waals surface area contributed by atoms with Crippen LogP contribution in [0.3, 0.4) is 0 Å². The van der Waals surface area contributed by atoms with Gasteiger partial charge in [-0.2, -0.15) is 0 Å². The van der Waals surface area contributed by atoms with E-state index < -0.39 is 0 Å². The Morgan fingerprint density at radius 2 is 2.10 bits per heavy atom. The van der Waals surface area contributed by atoms with Crippen LogP contribution in [-0.4, -0.2) is 16.6 Å². The van der Waals surface area contributed by atoms with Gasteiger partial charge in [0, 0.05) is 19.2 Å². The van der Waals surface area contributed by atoms with Gasteiger partial charge in [-0.25, -0.2) is 14.4 Å². The molecule has 0 aliphatic carbocycles. The summed E-state index contributed by atoms with van der Waals surface area (Å²) in [5, 5.41) is 3.56. The highest BCUT2D eigenvalue weighted by molar-refractivity contribution is 6.29. The maximum atomic E-state index is 12.9. The molecule has 1 atom stereocenters. The Kier molecular flexibility index (Phi) is 4.31. The minimum absolute atomic E-state index is 0.0740. The summed E-state index contributed by atoms with van der Waals surface area (Å²) < 4.78 is 18.4. The molecule has 4 nitrogen and oxygen atoms in total. The molecule has 6 heteroatoms. The topological polar surface area (TPSA) is 47.0 Å². The highest BCUT2D eigenvalue weighted by Gasteiger charge is 2.21. The maximum Gasteiger partial charge on any atom is 0.161 e. The summed E-state index contributed by atoms with van der Waals surface area (Å²) in [5.41, 5.74) is 0.963. The number of aromatic nitrogens is 2. The third-order valence-electron chi connectivity index (χ3n) is 3.32. The lowest BCUT2D eigenvalue weighted by Crippen LogP contribution is -2.08. The van der Waals surface area contributed by atoms with Gasteiger partial charge in [-0.1, -0.05) is 23.7 Å². The minimum Gasteiger partial charge on any atom is -0.370 e. The third kappa shape index (κ3) is 3.68. The standard InChI is InChI=1S/C15H15ClFN3O/c16-13-8-14(18-9-10-3-5-11(17)6-4-10)20-15(19-13)12-2-1-7-21-12/h3-6,8,12H,1-2,7,9H2,(H,18,19,20). The molecule has 21 heavy (non-hydrogen) atoms. The molecule has 0 bridgehead atoms. The molecule has 1 aliphatic rings. The van der Waals surface area contributed by atoms with E-state index in [1.807, 2.05) is 0 Å². The SMILES string of the molecule is Fc1ccc(CNc2cc(Cl)nc(C3CCCO3)n2)cc1. The number of anilines is 1. The second kappa shape index (κ2) is 6.37. The van der Waals surface area contributed by atoms with Gasteiger partial charge in [-0.15, -0.1) is 0 Å². The fourth-order valence-electron chi connectivity index (χ4n) is 2.25. The lowest BCUT2D eigenvalue weighted by molar-refractivity contribution is 0.105. The second-order valence-corrected chi connectivity index (χ2v) is 5.30. The van der Waals surface area contributed by atoms with Gasteiger partial charge in [-0.05, 0) is 30.5 Å². The maximum absolute atomic E-state index is 12.9. The van der Waals surface area contributed by atoms with Crippen molar-refractivity contribution >= 4 is 17.4 Å². The van der Waals surface area contributed by atoms with E-state index in [1.165, 1.54) is 12.1 Å². The van der Waals surface area contributed by atoms with E-state index in [-0.39, 0.29) is 11.9 Å². The van der Waals surface area contributed by atoms with Gasteiger partial charge in [0.15, 0.2) is 5.82 Å². The van der Waals surface area contributed by atoms with E-state index in [4.69, 9.17) is 16.3 Å². The van der Waals surface area contributed by atoms with Gasteiger partial charge in [-0.3, -0.25) is 0 Å². The summed E-state index contributed by atoms with van der Waals surface area (Å²) >= 11 is 6.03. The second-order valence-electron chi connectivity index (χ2n) is 4.92. The van der Waals surface area contributed by atoms with Crippen molar-refractivity contribution in [3.05, 3.63) is 52.7 Å². The number of hydrogen-bond donors (Lipinski definition) is 1. The molecule has 1 saturated heterocycles. The number of hydrogen-bond acceptors (Lipinski definition) is 4. The summed E-state index contributed by atoms with van der Waals surface area (Å²) in [6, 6.07) is 7.99. The first-order chi connectivity index (χ1) is 10.2. The van der Waals surface area contributed by atoms with E-state index in [0.29, 0.717) is 23.3 Å². The molecule has 3 rings (SSSR count). The Morgan fingerprint density at radius 3 is 2.81 bits per heavy atom. The summed E-state index contributed by atoms with van der Waals surface area (Å²) in [6.45, 7) is 1.28. The fraction of sp³-hybridized carbons (Fsp3) is 0.333. The highest BCUT2D eigenvalue weighted by atomic mass is 35.5. The van der Waals surface area contributed by atoms with Crippen LogP contribution >= 0.6 is 11.6 Å². The van der Waals surface area contributed by atoms with E-state index in [0.717, 1.165) is 25.0 Å². The average molecular weight is 308 g/mol. The van der Waals surface area contributed by atoms with E-state index >= 15 is 0 Å². The molecule has 1 N–H and O–H groups in total. The molecule has 0 saturated carbocycles. The predicted molar refractivity (Wildman–Crippen MR) is 78.7 cm³/mol. The molecule has 1 aromatic carbocycles. The molecule has 2 heterocycles. The van der Waals surface area contributed by atoms with E-state index in [2.05, 4.69) is 15.3 Å². The van der Waals surface area contributed by atoms with Crippen LogP contribution in [0.5, 0.6) is 0 Å². The number of ether oxygens (including phenoxy) is 1. The molecule has 2 aromatic rings. The molecule has 0 radical (unpaired) electrons. The van der Waals surface area contributed by atoms with Crippen LogP contribution in [0.2, 0.25) is 5.15 Å². The van der Waals surface area contributed by atoms with Gasteiger partial charge in [0.25, 0.3) is 0 Å². The number of nitrogens with zero attached hydrogens (tertiary/aromatic N) is 2. The molecule has 1 unspecified atom stereocenters. The lowest BCUT2D eigenvalue weighted by atomic mass is 10.2. The van der Waals surface area contributed by atoms with Crippen molar-refractivity contribution in [1.29, 1.82) is 0 Å². The van der Waals surface area contributed by atoms with Crippen molar-refractivity contribution in [2.24, 2.45) is 0 Å². The van der Waals surface area contributed by atoms with Gasteiger partial charge in [0.2, 0.25) is 0 Å². The zero-order chi connectivity index (χ0) is 14.7. The first-order valence-corrected chi connectivity index (χ1v) is 7.23. The van der Waals surface area contributed by atoms with Crippen LogP contribution in [0.25, 0.3) is 0 Å². The fourth-order valence-corrected chi connectivity index (χ4v) is 2.44. The first kappa shape index (κ1) is 14.2. The monoisotopic (exact) mass is 307 g/mol. The first-order valence-electron chi connectivity index (χ1n) is 6.85. The molecule has 1 fully saturated rings. The summed E-state index contributed by atoms with van der Waals surface area (Å²) in [4.78, 5) is 8.66. The summed E-state index contributed by atoms with van der Waals surface area (Å²) in [5.74, 6) is 1.01. The zero-order valence-corrected chi connectivity index (χ0v) is 12.1. The Hall–Kier alpha value is -1.72. The molecule has 110 valence electrons.